The molecule has 4 nitrogen and oxygen atoms in total. The van der Waals surface area contributed by atoms with Crippen LogP contribution in [0.1, 0.15) is 5.56 Å². The van der Waals surface area contributed by atoms with Crippen LogP contribution in [-0.2, 0) is 9.53 Å². The van der Waals surface area contributed by atoms with Gasteiger partial charge in [0.1, 0.15) is 0 Å². The Morgan fingerprint density at radius 3 is 2.89 bits per heavy atom. The molecule has 98 valence electrons. The third-order valence-corrected chi connectivity index (χ3v) is 2.68. The lowest BCUT2D eigenvalue weighted by atomic mass is 10.1. The zero-order valence-corrected chi connectivity index (χ0v) is 11.1. The number of rotatable bonds is 6. The molecule has 0 saturated carbocycles. The number of halogens is 1. The first-order valence-corrected chi connectivity index (χ1v) is 5.83. The highest BCUT2D eigenvalue weighted by Crippen LogP contribution is 2.25. The van der Waals surface area contributed by atoms with Gasteiger partial charge in [-0.3, -0.25) is 0 Å². The molecule has 0 spiro atoms. The Kier molecular flexibility index (Phi) is 5.68. The van der Waals surface area contributed by atoms with Crippen molar-refractivity contribution in [1.29, 1.82) is 0 Å². The van der Waals surface area contributed by atoms with E-state index in [4.69, 9.17) is 21.4 Å². The van der Waals surface area contributed by atoms with Crippen molar-refractivity contribution >= 4 is 29.3 Å². The van der Waals surface area contributed by atoms with Gasteiger partial charge in [-0.05, 0) is 23.8 Å². The van der Waals surface area contributed by atoms with Crippen LogP contribution in [0.25, 0.3) is 6.08 Å². The fraction of sp³-hybridized carbons (Fsp3) is 0.308. The highest BCUT2D eigenvalue weighted by Gasteiger charge is 2.06. The third kappa shape index (κ3) is 4.39. The van der Waals surface area contributed by atoms with E-state index in [1.807, 2.05) is 11.9 Å². The monoisotopic (exact) mass is 269 g/mol. The fourth-order valence-electron chi connectivity index (χ4n) is 1.50. The molecule has 0 amide bonds. The zero-order valence-electron chi connectivity index (χ0n) is 10.4. The number of carbonyl (C=O) groups is 1. The number of hydrogen-bond donors (Lipinski definition) is 1. The van der Waals surface area contributed by atoms with E-state index in [1.165, 1.54) is 0 Å². The molecule has 0 radical (unpaired) electrons. The van der Waals surface area contributed by atoms with Crippen LogP contribution in [0.5, 0.6) is 0 Å². The van der Waals surface area contributed by atoms with Gasteiger partial charge >= 0.3 is 5.97 Å². The summed E-state index contributed by atoms with van der Waals surface area (Å²) in [6.45, 7) is 1.29. The van der Waals surface area contributed by atoms with Crippen molar-refractivity contribution in [3.63, 3.8) is 0 Å². The van der Waals surface area contributed by atoms with Gasteiger partial charge in [-0.25, -0.2) is 4.79 Å². The number of carboxylic acids is 1. The molecule has 0 atom stereocenters. The maximum atomic E-state index is 10.5. The molecule has 1 rings (SSSR count). The SMILES string of the molecule is COCCN(C)c1cc(Cl)ccc1/C=C/C(=O)O. The Morgan fingerprint density at radius 1 is 1.56 bits per heavy atom. The van der Waals surface area contributed by atoms with Gasteiger partial charge in [-0.2, -0.15) is 0 Å². The Morgan fingerprint density at radius 2 is 2.28 bits per heavy atom. The maximum Gasteiger partial charge on any atom is 0.328 e. The van der Waals surface area contributed by atoms with Gasteiger partial charge in [0.15, 0.2) is 0 Å². The van der Waals surface area contributed by atoms with Crippen molar-refractivity contribution in [3.8, 4) is 0 Å². The number of likely N-dealkylation sites (N-methyl/N-ethyl adjacent to an activating group) is 1. The second-order valence-electron chi connectivity index (χ2n) is 3.79. The number of nitrogens with zero attached hydrogens (tertiary/aromatic N) is 1. The Bertz CT molecular complexity index is 446. The predicted molar refractivity (Wildman–Crippen MR) is 73.3 cm³/mol. The van der Waals surface area contributed by atoms with E-state index < -0.39 is 5.97 Å². The summed E-state index contributed by atoms with van der Waals surface area (Å²) >= 11 is 5.96. The molecule has 0 saturated heterocycles. The Hall–Kier alpha value is -1.52. The van der Waals surface area contributed by atoms with Gasteiger partial charge in [0.25, 0.3) is 0 Å². The summed E-state index contributed by atoms with van der Waals surface area (Å²) in [4.78, 5) is 12.5. The number of anilines is 1. The summed E-state index contributed by atoms with van der Waals surface area (Å²) < 4.78 is 5.02. The van der Waals surface area contributed by atoms with Crippen LogP contribution >= 0.6 is 11.6 Å². The Labute approximate surface area is 111 Å². The third-order valence-electron chi connectivity index (χ3n) is 2.44. The first-order valence-electron chi connectivity index (χ1n) is 5.45. The van der Waals surface area contributed by atoms with Crippen LogP contribution in [0.4, 0.5) is 5.69 Å². The molecule has 0 fully saturated rings. The minimum Gasteiger partial charge on any atom is -0.478 e. The van der Waals surface area contributed by atoms with Gasteiger partial charge in [0.05, 0.1) is 6.61 Å². The molecule has 0 aromatic heterocycles. The van der Waals surface area contributed by atoms with E-state index in [9.17, 15) is 4.79 Å². The lowest BCUT2D eigenvalue weighted by molar-refractivity contribution is -0.131. The first kappa shape index (κ1) is 14.5. The topological polar surface area (TPSA) is 49.8 Å². The van der Waals surface area contributed by atoms with E-state index in [2.05, 4.69) is 0 Å². The molecule has 0 aliphatic heterocycles. The smallest absolute Gasteiger partial charge is 0.328 e. The van der Waals surface area contributed by atoms with Crippen LogP contribution in [0.15, 0.2) is 24.3 Å². The number of methoxy groups -OCH3 is 1. The largest absolute Gasteiger partial charge is 0.478 e. The lowest BCUT2D eigenvalue weighted by Gasteiger charge is -2.21. The van der Waals surface area contributed by atoms with E-state index in [1.54, 1.807) is 31.4 Å². The highest BCUT2D eigenvalue weighted by molar-refractivity contribution is 6.31. The number of benzene rings is 1. The lowest BCUT2D eigenvalue weighted by Crippen LogP contribution is -2.22. The molecule has 0 aliphatic carbocycles. The van der Waals surface area contributed by atoms with E-state index in [-0.39, 0.29) is 0 Å². The molecule has 1 N–H and O–H groups in total. The van der Waals surface area contributed by atoms with Crippen molar-refractivity contribution in [1.82, 2.24) is 0 Å². The van der Waals surface area contributed by atoms with Gasteiger partial charge in [-0.15, -0.1) is 0 Å². The standard InChI is InChI=1S/C13H16ClNO3/c1-15(7-8-18-2)12-9-11(14)5-3-10(12)4-6-13(16)17/h3-6,9H,7-8H2,1-2H3,(H,16,17)/b6-4+. The summed E-state index contributed by atoms with van der Waals surface area (Å²) in [6, 6.07) is 5.33. The number of hydrogen-bond acceptors (Lipinski definition) is 3. The minimum atomic E-state index is -0.976. The quantitative estimate of drug-likeness (QED) is 0.807. The van der Waals surface area contributed by atoms with E-state index >= 15 is 0 Å². The van der Waals surface area contributed by atoms with Crippen LogP contribution in [0.2, 0.25) is 5.02 Å². The van der Waals surface area contributed by atoms with Gasteiger partial charge in [0, 0.05) is 37.5 Å². The molecule has 0 aliphatic rings. The van der Waals surface area contributed by atoms with Crippen molar-refractivity contribution in [2.45, 2.75) is 0 Å². The predicted octanol–water partition coefficient (Wildman–Crippen LogP) is 2.52. The molecular weight excluding hydrogens is 254 g/mol. The normalized spacial score (nSPS) is 10.8. The molecule has 0 unspecified atom stereocenters. The van der Waals surface area contributed by atoms with Crippen molar-refractivity contribution in [3.05, 3.63) is 34.9 Å². The molecular formula is C13H16ClNO3. The van der Waals surface area contributed by atoms with Crippen LogP contribution in [-0.4, -0.2) is 38.4 Å². The molecule has 18 heavy (non-hydrogen) atoms. The van der Waals surface area contributed by atoms with Gasteiger partial charge < -0.3 is 14.7 Å². The second kappa shape index (κ2) is 7.03. The maximum absolute atomic E-state index is 10.5. The summed E-state index contributed by atoms with van der Waals surface area (Å²) in [5.41, 5.74) is 1.68. The van der Waals surface area contributed by atoms with Gasteiger partial charge in [-0.1, -0.05) is 17.7 Å². The van der Waals surface area contributed by atoms with Crippen molar-refractivity contribution in [2.24, 2.45) is 0 Å². The number of aliphatic carboxylic acids is 1. The average molecular weight is 270 g/mol. The van der Waals surface area contributed by atoms with Crippen LogP contribution < -0.4 is 4.90 Å². The molecule has 1 aromatic rings. The summed E-state index contributed by atoms with van der Waals surface area (Å²) in [7, 11) is 3.54. The number of ether oxygens (including phenoxy) is 1. The summed E-state index contributed by atoms with van der Waals surface area (Å²) in [5.74, 6) is -0.976. The number of carboxylic acid groups (broad SMARTS) is 1. The van der Waals surface area contributed by atoms with E-state index in [0.717, 1.165) is 17.3 Å². The highest BCUT2D eigenvalue weighted by atomic mass is 35.5. The first-order chi connectivity index (χ1) is 8.54. The van der Waals surface area contributed by atoms with Crippen LogP contribution in [0.3, 0.4) is 0 Å². The average Bonchev–Trinajstić information content (AvgIpc) is 2.34. The molecule has 1 aromatic carbocycles. The summed E-state index contributed by atoms with van der Waals surface area (Å²) in [5, 5.41) is 9.27. The summed E-state index contributed by atoms with van der Waals surface area (Å²) in [6.07, 6.45) is 2.66. The molecule has 0 bridgehead atoms. The van der Waals surface area contributed by atoms with Gasteiger partial charge in [0.2, 0.25) is 0 Å². The van der Waals surface area contributed by atoms with Crippen LogP contribution in [0, 0.1) is 0 Å². The van der Waals surface area contributed by atoms with Crippen molar-refractivity contribution in [2.75, 3.05) is 32.2 Å². The molecule has 0 heterocycles. The van der Waals surface area contributed by atoms with Crippen molar-refractivity contribution < 1.29 is 14.6 Å². The second-order valence-corrected chi connectivity index (χ2v) is 4.23. The van der Waals surface area contributed by atoms with E-state index in [0.29, 0.717) is 18.2 Å². The molecule has 5 heteroatoms. The minimum absolute atomic E-state index is 0.588. The Balaban J connectivity index is 2.99. The fourth-order valence-corrected chi connectivity index (χ4v) is 1.66. The zero-order chi connectivity index (χ0) is 13.5.